The molecule has 104 valence electrons. The van der Waals surface area contributed by atoms with Crippen molar-refractivity contribution >= 4 is 34.8 Å². The second-order valence-electron chi connectivity index (χ2n) is 4.61. The minimum atomic E-state index is 0.732. The number of benzene rings is 2. The summed E-state index contributed by atoms with van der Waals surface area (Å²) in [4.78, 5) is 8.94. The molecule has 2 aromatic carbocycles. The third kappa shape index (κ3) is 3.57. The van der Waals surface area contributed by atoms with Crippen LogP contribution in [-0.2, 0) is 0 Å². The number of hydrogen-bond donors (Lipinski definition) is 0. The maximum absolute atomic E-state index is 5.86. The van der Waals surface area contributed by atoms with Crippen LogP contribution in [0, 0.1) is 6.92 Å². The molecule has 2 nitrogen and oxygen atoms in total. The summed E-state index contributed by atoms with van der Waals surface area (Å²) >= 11 is 7.52. The van der Waals surface area contributed by atoms with E-state index in [0.29, 0.717) is 0 Å². The van der Waals surface area contributed by atoms with Gasteiger partial charge in [0.25, 0.3) is 0 Å². The first-order valence-electron chi connectivity index (χ1n) is 6.53. The Bertz CT molecular complexity index is 758. The molecular formula is C17H13ClN2S. The molecule has 0 N–H and O–H groups in total. The molecule has 0 radical (unpaired) electrons. The molecule has 0 aliphatic carbocycles. The molecule has 1 aromatic heterocycles. The van der Waals surface area contributed by atoms with Crippen LogP contribution in [-0.4, -0.2) is 11.2 Å². The number of aryl methyl sites for hydroxylation is 1. The van der Waals surface area contributed by atoms with E-state index in [4.69, 9.17) is 11.6 Å². The van der Waals surface area contributed by atoms with Crippen molar-refractivity contribution in [3.8, 4) is 11.3 Å². The normalized spacial score (nSPS) is 11.1. The van der Waals surface area contributed by atoms with Crippen LogP contribution in [0.25, 0.3) is 11.3 Å². The second kappa shape index (κ2) is 6.20. The number of thiazole rings is 1. The van der Waals surface area contributed by atoms with Gasteiger partial charge in [-0.2, -0.15) is 0 Å². The highest BCUT2D eigenvalue weighted by Gasteiger charge is 2.01. The second-order valence-corrected chi connectivity index (χ2v) is 6.11. The maximum atomic E-state index is 5.86. The Kier molecular flexibility index (Phi) is 4.13. The lowest BCUT2D eigenvalue weighted by atomic mass is 10.1. The molecule has 0 fully saturated rings. The van der Waals surface area contributed by atoms with Gasteiger partial charge in [-0.3, -0.25) is 4.99 Å². The van der Waals surface area contributed by atoms with E-state index in [2.05, 4.69) is 15.4 Å². The summed E-state index contributed by atoms with van der Waals surface area (Å²) in [6.07, 6.45) is 1.83. The van der Waals surface area contributed by atoms with E-state index in [-0.39, 0.29) is 0 Å². The summed E-state index contributed by atoms with van der Waals surface area (Å²) < 4.78 is 0. The van der Waals surface area contributed by atoms with Crippen molar-refractivity contribution in [2.45, 2.75) is 6.92 Å². The van der Waals surface area contributed by atoms with Gasteiger partial charge in [0.2, 0.25) is 0 Å². The Morgan fingerprint density at radius 1 is 1.05 bits per heavy atom. The number of aliphatic imine (C=N–C) groups is 1. The fourth-order valence-electron chi connectivity index (χ4n) is 1.91. The van der Waals surface area contributed by atoms with Gasteiger partial charge >= 0.3 is 0 Å². The number of aromatic nitrogens is 1. The number of hydrogen-bond acceptors (Lipinski definition) is 3. The van der Waals surface area contributed by atoms with E-state index in [1.54, 1.807) is 11.3 Å². The molecule has 0 amide bonds. The Morgan fingerprint density at radius 2 is 1.76 bits per heavy atom. The molecule has 0 atom stereocenters. The zero-order valence-corrected chi connectivity index (χ0v) is 13.0. The Labute approximate surface area is 132 Å². The van der Waals surface area contributed by atoms with Gasteiger partial charge in [-0.1, -0.05) is 35.9 Å². The molecule has 0 spiro atoms. The highest BCUT2D eigenvalue weighted by molar-refractivity contribution is 7.09. The van der Waals surface area contributed by atoms with E-state index < -0.39 is 0 Å². The fourth-order valence-corrected chi connectivity index (χ4v) is 2.66. The van der Waals surface area contributed by atoms with Gasteiger partial charge in [0, 0.05) is 22.2 Å². The van der Waals surface area contributed by atoms with Crippen LogP contribution in [0.15, 0.2) is 58.9 Å². The highest BCUT2D eigenvalue weighted by Crippen LogP contribution is 2.24. The van der Waals surface area contributed by atoms with Crippen molar-refractivity contribution in [1.82, 2.24) is 4.98 Å². The molecule has 0 saturated carbocycles. The van der Waals surface area contributed by atoms with E-state index in [1.165, 1.54) is 0 Å². The van der Waals surface area contributed by atoms with Gasteiger partial charge < -0.3 is 0 Å². The van der Waals surface area contributed by atoms with Crippen LogP contribution >= 0.6 is 22.9 Å². The van der Waals surface area contributed by atoms with Crippen LogP contribution in [0.5, 0.6) is 0 Å². The molecule has 1 heterocycles. The van der Waals surface area contributed by atoms with Crippen LogP contribution in [0.4, 0.5) is 5.69 Å². The first-order valence-corrected chi connectivity index (χ1v) is 7.79. The van der Waals surface area contributed by atoms with Gasteiger partial charge in [0.1, 0.15) is 0 Å². The highest BCUT2D eigenvalue weighted by atomic mass is 35.5. The summed E-state index contributed by atoms with van der Waals surface area (Å²) in [5, 5.41) is 3.88. The number of nitrogens with zero attached hydrogens (tertiary/aromatic N) is 2. The van der Waals surface area contributed by atoms with Crippen LogP contribution in [0.1, 0.15) is 10.6 Å². The molecule has 21 heavy (non-hydrogen) atoms. The van der Waals surface area contributed by atoms with Gasteiger partial charge in [-0.05, 0) is 36.8 Å². The first-order chi connectivity index (χ1) is 10.2. The fraction of sp³-hybridized carbons (Fsp3) is 0.0588. The van der Waals surface area contributed by atoms with Gasteiger partial charge in [0.05, 0.1) is 16.4 Å². The first kappa shape index (κ1) is 14.0. The van der Waals surface area contributed by atoms with E-state index in [0.717, 1.165) is 32.5 Å². The van der Waals surface area contributed by atoms with Crippen molar-refractivity contribution in [2.75, 3.05) is 0 Å². The molecule has 0 aliphatic heterocycles. The van der Waals surface area contributed by atoms with Gasteiger partial charge in [0.15, 0.2) is 0 Å². The quantitative estimate of drug-likeness (QED) is 0.584. The molecule has 0 unspecified atom stereocenters. The standard InChI is InChI=1S/C17H13ClN2S/c1-12-20-17(11-21-12)14-4-8-16(9-5-14)19-10-13-2-6-15(18)7-3-13/h2-11H,1H3. The zero-order valence-electron chi connectivity index (χ0n) is 11.5. The topological polar surface area (TPSA) is 25.2 Å². The van der Waals surface area contributed by atoms with Crippen LogP contribution < -0.4 is 0 Å². The van der Waals surface area contributed by atoms with Crippen molar-refractivity contribution in [3.05, 3.63) is 69.5 Å². The minimum Gasteiger partial charge on any atom is -0.256 e. The van der Waals surface area contributed by atoms with Gasteiger partial charge in [-0.15, -0.1) is 11.3 Å². The molecular weight excluding hydrogens is 300 g/mol. The SMILES string of the molecule is Cc1nc(-c2ccc(N=Cc3ccc(Cl)cc3)cc2)cs1. The maximum Gasteiger partial charge on any atom is 0.0901 e. The summed E-state index contributed by atoms with van der Waals surface area (Å²) in [5.41, 5.74) is 4.08. The molecule has 3 aromatic rings. The smallest absolute Gasteiger partial charge is 0.0901 e. The minimum absolute atomic E-state index is 0.732. The summed E-state index contributed by atoms with van der Waals surface area (Å²) in [5.74, 6) is 0. The summed E-state index contributed by atoms with van der Waals surface area (Å²) in [6, 6.07) is 15.7. The number of halogens is 1. The lowest BCUT2D eigenvalue weighted by Gasteiger charge is -1.98. The third-order valence-corrected chi connectivity index (χ3v) is 4.04. The Hall–Kier alpha value is -1.97. The summed E-state index contributed by atoms with van der Waals surface area (Å²) in [7, 11) is 0. The van der Waals surface area contributed by atoms with Crippen LogP contribution in [0.2, 0.25) is 5.02 Å². The van der Waals surface area contributed by atoms with E-state index in [1.807, 2.05) is 61.7 Å². The van der Waals surface area contributed by atoms with Crippen molar-refractivity contribution < 1.29 is 0 Å². The average molecular weight is 313 g/mol. The van der Waals surface area contributed by atoms with E-state index >= 15 is 0 Å². The number of rotatable bonds is 3. The predicted octanol–water partition coefficient (Wildman–Crippen LogP) is 5.52. The summed E-state index contributed by atoms with van der Waals surface area (Å²) in [6.45, 7) is 2.01. The van der Waals surface area contributed by atoms with Crippen LogP contribution in [0.3, 0.4) is 0 Å². The lowest BCUT2D eigenvalue weighted by Crippen LogP contribution is -1.80. The van der Waals surface area contributed by atoms with Gasteiger partial charge in [-0.25, -0.2) is 4.98 Å². The Balaban J connectivity index is 1.76. The van der Waals surface area contributed by atoms with E-state index in [9.17, 15) is 0 Å². The lowest BCUT2D eigenvalue weighted by molar-refractivity contribution is 1.30. The molecule has 0 bridgehead atoms. The molecule has 0 saturated heterocycles. The van der Waals surface area contributed by atoms with Crippen molar-refractivity contribution in [2.24, 2.45) is 4.99 Å². The third-order valence-electron chi connectivity index (χ3n) is 3.01. The van der Waals surface area contributed by atoms with Crippen molar-refractivity contribution in [1.29, 1.82) is 0 Å². The monoisotopic (exact) mass is 312 g/mol. The zero-order chi connectivity index (χ0) is 14.7. The van der Waals surface area contributed by atoms with Crippen molar-refractivity contribution in [3.63, 3.8) is 0 Å². The molecule has 4 heteroatoms. The Morgan fingerprint density at radius 3 is 2.38 bits per heavy atom. The molecule has 3 rings (SSSR count). The predicted molar refractivity (Wildman–Crippen MR) is 91.0 cm³/mol. The molecule has 0 aliphatic rings. The largest absolute Gasteiger partial charge is 0.256 e. The average Bonchev–Trinajstić information content (AvgIpc) is 2.94.